The number of aromatic nitrogens is 2. The Labute approximate surface area is 136 Å². The highest BCUT2D eigenvalue weighted by atomic mass is 16.7. The summed E-state index contributed by atoms with van der Waals surface area (Å²) in [5.74, 6) is -0.677. The number of carbonyl (C=O) groups is 2. The van der Waals surface area contributed by atoms with E-state index >= 15 is 0 Å². The molecule has 2 aromatic heterocycles. The van der Waals surface area contributed by atoms with Crippen LogP contribution in [-0.2, 0) is 9.47 Å². The predicted molar refractivity (Wildman–Crippen MR) is 86.8 cm³/mol. The maximum atomic E-state index is 12.3. The summed E-state index contributed by atoms with van der Waals surface area (Å²) in [6.07, 6.45) is 2.25. The van der Waals surface area contributed by atoms with Crippen molar-refractivity contribution in [2.45, 2.75) is 0 Å². The van der Waals surface area contributed by atoms with Crippen LogP contribution < -0.4 is 11.1 Å². The van der Waals surface area contributed by atoms with Crippen LogP contribution >= 0.6 is 0 Å². The van der Waals surface area contributed by atoms with Crippen molar-refractivity contribution in [3.63, 3.8) is 0 Å². The van der Waals surface area contributed by atoms with Gasteiger partial charge in [-0.1, -0.05) is 18.2 Å². The van der Waals surface area contributed by atoms with Crippen LogP contribution in [0.3, 0.4) is 0 Å². The SMILES string of the molecule is NC(=O)OCOC(=O)c1[nH]c2ccccc2c1Nc1ccncc1. The second-order valence-corrected chi connectivity index (χ2v) is 4.79. The van der Waals surface area contributed by atoms with Gasteiger partial charge >= 0.3 is 12.1 Å². The number of hydrogen-bond acceptors (Lipinski definition) is 6. The fourth-order valence-electron chi connectivity index (χ4n) is 2.22. The fraction of sp³-hybridized carbons (Fsp3) is 0.0625. The molecule has 0 aliphatic heterocycles. The number of rotatable bonds is 5. The van der Waals surface area contributed by atoms with Crippen LogP contribution in [-0.4, -0.2) is 28.8 Å². The van der Waals surface area contributed by atoms with Gasteiger partial charge in [-0.25, -0.2) is 9.59 Å². The van der Waals surface area contributed by atoms with Crippen molar-refractivity contribution in [3.05, 3.63) is 54.5 Å². The van der Waals surface area contributed by atoms with Crippen molar-refractivity contribution in [2.75, 3.05) is 12.1 Å². The van der Waals surface area contributed by atoms with Crippen LogP contribution in [0.4, 0.5) is 16.2 Å². The zero-order chi connectivity index (χ0) is 16.9. The molecule has 0 atom stereocenters. The van der Waals surface area contributed by atoms with Crippen LogP contribution in [0.5, 0.6) is 0 Å². The number of amides is 1. The first kappa shape index (κ1) is 15.3. The van der Waals surface area contributed by atoms with Crippen molar-refractivity contribution >= 4 is 34.3 Å². The number of fused-ring (bicyclic) bond motifs is 1. The molecule has 0 saturated heterocycles. The molecule has 3 rings (SSSR count). The number of benzene rings is 1. The Kier molecular flexibility index (Phi) is 4.28. The van der Waals surface area contributed by atoms with Gasteiger partial charge in [-0.05, 0) is 18.2 Å². The van der Waals surface area contributed by atoms with E-state index in [2.05, 4.69) is 20.0 Å². The molecule has 122 valence electrons. The van der Waals surface area contributed by atoms with E-state index < -0.39 is 18.9 Å². The van der Waals surface area contributed by atoms with E-state index in [1.807, 2.05) is 24.3 Å². The molecular weight excluding hydrogens is 312 g/mol. The number of hydrogen-bond donors (Lipinski definition) is 3. The van der Waals surface area contributed by atoms with Gasteiger partial charge in [-0.2, -0.15) is 0 Å². The number of esters is 1. The molecule has 24 heavy (non-hydrogen) atoms. The highest BCUT2D eigenvalue weighted by Crippen LogP contribution is 2.30. The maximum absolute atomic E-state index is 12.3. The van der Waals surface area contributed by atoms with Crippen LogP contribution in [0.2, 0.25) is 0 Å². The zero-order valence-corrected chi connectivity index (χ0v) is 12.5. The average molecular weight is 326 g/mol. The van der Waals surface area contributed by atoms with E-state index in [-0.39, 0.29) is 5.69 Å². The first-order valence-electron chi connectivity index (χ1n) is 7.02. The lowest BCUT2D eigenvalue weighted by molar-refractivity contribution is -0.000352. The van der Waals surface area contributed by atoms with Crippen molar-refractivity contribution in [2.24, 2.45) is 5.73 Å². The summed E-state index contributed by atoms with van der Waals surface area (Å²) >= 11 is 0. The molecule has 0 bridgehead atoms. The molecule has 4 N–H and O–H groups in total. The number of ether oxygens (including phenoxy) is 2. The minimum Gasteiger partial charge on any atom is -0.423 e. The molecular formula is C16H14N4O4. The molecule has 0 aliphatic carbocycles. The molecule has 1 amide bonds. The highest BCUT2D eigenvalue weighted by molar-refractivity contribution is 6.07. The smallest absolute Gasteiger partial charge is 0.407 e. The van der Waals surface area contributed by atoms with Crippen LogP contribution in [0.1, 0.15) is 10.5 Å². The van der Waals surface area contributed by atoms with Gasteiger partial charge in [0, 0.05) is 29.0 Å². The van der Waals surface area contributed by atoms with Crippen molar-refractivity contribution in [1.82, 2.24) is 9.97 Å². The first-order valence-corrected chi connectivity index (χ1v) is 7.02. The highest BCUT2D eigenvalue weighted by Gasteiger charge is 2.19. The Morgan fingerprint density at radius 3 is 2.62 bits per heavy atom. The summed E-state index contributed by atoms with van der Waals surface area (Å²) < 4.78 is 9.32. The van der Waals surface area contributed by atoms with Crippen molar-refractivity contribution in [3.8, 4) is 0 Å². The van der Waals surface area contributed by atoms with Gasteiger partial charge in [0.1, 0.15) is 5.69 Å². The molecule has 2 heterocycles. The standard InChI is InChI=1S/C16H14N4O4/c17-16(22)24-9-23-15(21)14-13(19-10-5-7-18-8-6-10)11-3-1-2-4-12(11)20-14/h1-8,20H,9H2,(H2,17,22)(H,18,19). The summed E-state index contributed by atoms with van der Waals surface area (Å²) in [5.41, 5.74) is 7.12. The Balaban J connectivity index is 1.93. The summed E-state index contributed by atoms with van der Waals surface area (Å²) in [5, 5.41) is 3.99. The van der Waals surface area contributed by atoms with Gasteiger partial charge < -0.3 is 25.5 Å². The van der Waals surface area contributed by atoms with Gasteiger partial charge in [0.25, 0.3) is 0 Å². The predicted octanol–water partition coefficient (Wildman–Crippen LogP) is 2.52. The lowest BCUT2D eigenvalue weighted by Crippen LogP contribution is -2.18. The minimum atomic E-state index is -1.02. The van der Waals surface area contributed by atoms with Gasteiger partial charge in [0.2, 0.25) is 6.79 Å². The Morgan fingerprint density at radius 1 is 1.12 bits per heavy atom. The van der Waals surface area contributed by atoms with Crippen LogP contribution in [0.25, 0.3) is 10.9 Å². The van der Waals surface area contributed by atoms with E-state index in [1.165, 1.54) is 0 Å². The second-order valence-electron chi connectivity index (χ2n) is 4.79. The number of primary amides is 1. The van der Waals surface area contributed by atoms with E-state index in [4.69, 9.17) is 10.5 Å². The monoisotopic (exact) mass is 326 g/mol. The van der Waals surface area contributed by atoms with Crippen molar-refractivity contribution in [1.29, 1.82) is 0 Å². The van der Waals surface area contributed by atoms with Gasteiger partial charge in [0.15, 0.2) is 0 Å². The van der Waals surface area contributed by atoms with E-state index in [0.717, 1.165) is 16.6 Å². The third-order valence-electron chi connectivity index (χ3n) is 3.25. The summed E-state index contributed by atoms with van der Waals surface area (Å²) in [6, 6.07) is 11.0. The third-order valence-corrected chi connectivity index (χ3v) is 3.25. The number of nitrogens with one attached hydrogen (secondary N) is 2. The molecule has 0 unspecified atom stereocenters. The number of anilines is 2. The molecule has 0 spiro atoms. The van der Waals surface area contributed by atoms with Gasteiger partial charge in [-0.3, -0.25) is 4.98 Å². The lowest BCUT2D eigenvalue weighted by Gasteiger charge is -2.08. The van der Waals surface area contributed by atoms with E-state index in [1.54, 1.807) is 24.5 Å². The molecule has 3 aromatic rings. The number of pyridine rings is 1. The minimum absolute atomic E-state index is 0.209. The van der Waals surface area contributed by atoms with Crippen LogP contribution in [0.15, 0.2) is 48.8 Å². The average Bonchev–Trinajstić information content (AvgIpc) is 2.94. The Hall–Kier alpha value is -3.55. The number of H-pyrrole nitrogens is 1. The molecule has 0 radical (unpaired) electrons. The molecule has 0 aliphatic rings. The van der Waals surface area contributed by atoms with Crippen LogP contribution in [0, 0.1) is 0 Å². The zero-order valence-electron chi connectivity index (χ0n) is 12.5. The second kappa shape index (κ2) is 6.69. The summed E-state index contributed by atoms with van der Waals surface area (Å²) in [6.45, 7) is -0.557. The fourth-order valence-corrected chi connectivity index (χ4v) is 2.22. The molecule has 8 heteroatoms. The van der Waals surface area contributed by atoms with Gasteiger partial charge in [-0.15, -0.1) is 0 Å². The Morgan fingerprint density at radius 2 is 1.88 bits per heavy atom. The number of aromatic amines is 1. The summed E-state index contributed by atoms with van der Waals surface area (Å²) in [4.78, 5) is 29.8. The number of carbonyl (C=O) groups excluding carboxylic acids is 2. The number of nitrogens with two attached hydrogens (primary N) is 1. The van der Waals surface area contributed by atoms with Gasteiger partial charge in [0.05, 0.1) is 5.69 Å². The molecule has 1 aromatic carbocycles. The maximum Gasteiger partial charge on any atom is 0.407 e. The first-order chi connectivity index (χ1) is 11.6. The largest absolute Gasteiger partial charge is 0.423 e. The normalized spacial score (nSPS) is 10.3. The third kappa shape index (κ3) is 3.27. The number of nitrogens with zero attached hydrogens (tertiary/aromatic N) is 1. The Bertz CT molecular complexity index is 876. The molecule has 8 nitrogen and oxygen atoms in total. The lowest BCUT2D eigenvalue weighted by atomic mass is 10.2. The van der Waals surface area contributed by atoms with E-state index in [0.29, 0.717) is 5.69 Å². The summed E-state index contributed by atoms with van der Waals surface area (Å²) in [7, 11) is 0. The van der Waals surface area contributed by atoms with Crippen molar-refractivity contribution < 1.29 is 19.1 Å². The quantitative estimate of drug-likeness (QED) is 0.489. The van der Waals surface area contributed by atoms with E-state index in [9.17, 15) is 9.59 Å². The number of para-hydroxylation sites is 1. The topological polar surface area (TPSA) is 119 Å². The molecule has 0 fully saturated rings. The molecule has 0 saturated carbocycles.